The number of rotatable bonds is 2. The van der Waals surface area contributed by atoms with Crippen LogP contribution in [-0.4, -0.2) is 13.6 Å². The molecule has 0 bridgehead atoms. The van der Waals surface area contributed by atoms with Gasteiger partial charge < -0.3 is 5.32 Å². The Balaban J connectivity index is 1.84. The zero-order chi connectivity index (χ0) is 7.73. The van der Waals surface area contributed by atoms with Gasteiger partial charge in [0.25, 0.3) is 0 Å². The van der Waals surface area contributed by atoms with Crippen molar-refractivity contribution in [3.63, 3.8) is 0 Å². The normalized spacial score (nSPS) is 34.1. The number of hydrogen-bond acceptors (Lipinski definition) is 1. The molecule has 2 saturated carbocycles. The number of nitrogens with one attached hydrogen (secondary N) is 1. The van der Waals surface area contributed by atoms with Crippen molar-refractivity contribution in [2.45, 2.75) is 38.5 Å². The molecule has 0 saturated heterocycles. The quantitative estimate of drug-likeness (QED) is 0.641. The predicted octanol–water partition coefficient (Wildman–Crippen LogP) is 2.18. The van der Waals surface area contributed by atoms with E-state index in [1.165, 1.54) is 45.1 Å². The third-order valence-electron chi connectivity index (χ3n) is 3.66. The average molecular weight is 153 g/mol. The molecule has 1 nitrogen and oxygen atoms in total. The van der Waals surface area contributed by atoms with Crippen LogP contribution >= 0.6 is 0 Å². The zero-order valence-electron chi connectivity index (χ0n) is 7.53. The minimum atomic E-state index is 0.835. The third-order valence-corrected chi connectivity index (χ3v) is 3.66. The van der Waals surface area contributed by atoms with Gasteiger partial charge in [-0.2, -0.15) is 0 Å². The van der Waals surface area contributed by atoms with Crippen LogP contribution in [0.25, 0.3) is 0 Å². The van der Waals surface area contributed by atoms with E-state index in [0.29, 0.717) is 0 Å². The largest absolute Gasteiger partial charge is 0.319 e. The fourth-order valence-electron chi connectivity index (χ4n) is 2.84. The van der Waals surface area contributed by atoms with E-state index in [1.807, 2.05) is 0 Å². The second-order valence-corrected chi connectivity index (χ2v) is 4.38. The maximum absolute atomic E-state index is 3.30. The molecule has 0 amide bonds. The molecule has 1 unspecified atom stereocenters. The molecule has 2 fully saturated rings. The molecule has 0 aromatic carbocycles. The summed E-state index contributed by atoms with van der Waals surface area (Å²) in [5, 5.41) is 3.30. The molecule has 2 aliphatic carbocycles. The van der Waals surface area contributed by atoms with Crippen LogP contribution in [0.1, 0.15) is 38.5 Å². The molecule has 1 N–H and O–H groups in total. The molecule has 1 heteroatoms. The van der Waals surface area contributed by atoms with E-state index in [9.17, 15) is 0 Å². The molecule has 1 spiro atoms. The first-order chi connectivity index (χ1) is 5.37. The van der Waals surface area contributed by atoms with Crippen molar-refractivity contribution in [3.05, 3.63) is 0 Å². The Hall–Kier alpha value is -0.0400. The topological polar surface area (TPSA) is 12.0 Å². The summed E-state index contributed by atoms with van der Waals surface area (Å²) < 4.78 is 0. The summed E-state index contributed by atoms with van der Waals surface area (Å²) in [6.45, 7) is 1.26. The van der Waals surface area contributed by atoms with Gasteiger partial charge in [0.1, 0.15) is 0 Å². The van der Waals surface area contributed by atoms with E-state index < -0.39 is 0 Å². The molecule has 2 aliphatic rings. The fraction of sp³-hybridized carbons (Fsp3) is 1.00. The van der Waals surface area contributed by atoms with Gasteiger partial charge in [0.05, 0.1) is 0 Å². The predicted molar refractivity (Wildman–Crippen MR) is 47.6 cm³/mol. The van der Waals surface area contributed by atoms with Crippen LogP contribution in [0, 0.1) is 11.3 Å². The van der Waals surface area contributed by atoms with Gasteiger partial charge in [0.15, 0.2) is 0 Å². The molecule has 0 aromatic rings. The highest BCUT2D eigenvalue weighted by Crippen LogP contribution is 2.60. The van der Waals surface area contributed by atoms with Crippen molar-refractivity contribution in [1.29, 1.82) is 0 Å². The van der Waals surface area contributed by atoms with Gasteiger partial charge >= 0.3 is 0 Å². The van der Waals surface area contributed by atoms with Gasteiger partial charge in [0, 0.05) is 0 Å². The Kier molecular flexibility index (Phi) is 1.92. The molecule has 0 aromatic heterocycles. The summed E-state index contributed by atoms with van der Waals surface area (Å²) in [7, 11) is 2.08. The highest BCUT2D eigenvalue weighted by atomic mass is 14.8. The van der Waals surface area contributed by atoms with Gasteiger partial charge in [-0.05, 0) is 44.2 Å². The van der Waals surface area contributed by atoms with Crippen molar-refractivity contribution in [1.82, 2.24) is 5.32 Å². The van der Waals surface area contributed by atoms with Crippen LogP contribution in [0.4, 0.5) is 0 Å². The first-order valence-corrected chi connectivity index (χ1v) is 5.02. The number of hydrogen-bond donors (Lipinski definition) is 1. The smallest absolute Gasteiger partial charge is 0.00180 e. The van der Waals surface area contributed by atoms with Crippen LogP contribution in [0.5, 0.6) is 0 Å². The van der Waals surface area contributed by atoms with E-state index in [-0.39, 0.29) is 0 Å². The Morgan fingerprint density at radius 2 is 2.00 bits per heavy atom. The molecular weight excluding hydrogens is 134 g/mol. The molecule has 2 rings (SSSR count). The standard InChI is InChI=1S/C10H19N/c1-11-8-9-7-10(9)5-3-2-4-6-10/h9,11H,2-8H2,1H3. The molecule has 11 heavy (non-hydrogen) atoms. The van der Waals surface area contributed by atoms with Gasteiger partial charge in [-0.3, -0.25) is 0 Å². The summed E-state index contributed by atoms with van der Waals surface area (Å²) in [6, 6.07) is 0. The molecular formula is C10H19N. The monoisotopic (exact) mass is 153 g/mol. The highest BCUT2D eigenvalue weighted by Gasteiger charge is 2.52. The highest BCUT2D eigenvalue weighted by molar-refractivity contribution is 5.03. The molecule has 64 valence electrons. The van der Waals surface area contributed by atoms with Crippen LogP contribution in [0.2, 0.25) is 0 Å². The Morgan fingerprint density at radius 3 is 2.64 bits per heavy atom. The molecule has 1 atom stereocenters. The van der Waals surface area contributed by atoms with Crippen molar-refractivity contribution >= 4 is 0 Å². The molecule has 0 heterocycles. The van der Waals surface area contributed by atoms with Crippen molar-refractivity contribution in [3.8, 4) is 0 Å². The second-order valence-electron chi connectivity index (χ2n) is 4.38. The van der Waals surface area contributed by atoms with E-state index in [0.717, 1.165) is 11.3 Å². The minimum Gasteiger partial charge on any atom is -0.319 e. The lowest BCUT2D eigenvalue weighted by Crippen LogP contribution is -2.17. The van der Waals surface area contributed by atoms with Crippen molar-refractivity contribution in [2.75, 3.05) is 13.6 Å². The van der Waals surface area contributed by atoms with Crippen LogP contribution in [-0.2, 0) is 0 Å². The zero-order valence-corrected chi connectivity index (χ0v) is 7.53. The summed E-state index contributed by atoms with van der Waals surface area (Å²) in [5.41, 5.74) is 0.835. The van der Waals surface area contributed by atoms with Crippen LogP contribution in [0.15, 0.2) is 0 Å². The Labute approximate surface area is 69.6 Å². The van der Waals surface area contributed by atoms with E-state index in [2.05, 4.69) is 12.4 Å². The van der Waals surface area contributed by atoms with Crippen molar-refractivity contribution < 1.29 is 0 Å². The minimum absolute atomic E-state index is 0.835. The fourth-order valence-corrected chi connectivity index (χ4v) is 2.84. The summed E-state index contributed by atoms with van der Waals surface area (Å²) in [6.07, 6.45) is 9.07. The van der Waals surface area contributed by atoms with Gasteiger partial charge in [-0.25, -0.2) is 0 Å². The molecule has 0 radical (unpaired) electrons. The lowest BCUT2D eigenvalue weighted by atomic mass is 9.84. The van der Waals surface area contributed by atoms with Gasteiger partial charge in [-0.15, -0.1) is 0 Å². The summed E-state index contributed by atoms with van der Waals surface area (Å²) in [5.74, 6) is 1.03. The third kappa shape index (κ3) is 1.31. The van der Waals surface area contributed by atoms with E-state index in [1.54, 1.807) is 0 Å². The first kappa shape index (κ1) is 7.60. The Morgan fingerprint density at radius 1 is 1.27 bits per heavy atom. The van der Waals surface area contributed by atoms with Crippen LogP contribution < -0.4 is 5.32 Å². The van der Waals surface area contributed by atoms with Gasteiger partial charge in [-0.1, -0.05) is 19.3 Å². The maximum Gasteiger partial charge on any atom is -0.00180 e. The van der Waals surface area contributed by atoms with Crippen molar-refractivity contribution in [2.24, 2.45) is 11.3 Å². The summed E-state index contributed by atoms with van der Waals surface area (Å²) in [4.78, 5) is 0. The second kappa shape index (κ2) is 2.78. The lowest BCUT2D eigenvalue weighted by molar-refractivity contribution is 0.305. The van der Waals surface area contributed by atoms with Crippen LogP contribution in [0.3, 0.4) is 0 Å². The first-order valence-electron chi connectivity index (χ1n) is 5.02. The van der Waals surface area contributed by atoms with E-state index >= 15 is 0 Å². The lowest BCUT2D eigenvalue weighted by Gasteiger charge is -2.22. The van der Waals surface area contributed by atoms with Gasteiger partial charge in [0.2, 0.25) is 0 Å². The van der Waals surface area contributed by atoms with E-state index in [4.69, 9.17) is 0 Å². The summed E-state index contributed by atoms with van der Waals surface area (Å²) >= 11 is 0. The average Bonchev–Trinajstić information content (AvgIpc) is 2.66. The Bertz CT molecular complexity index is 136. The molecule has 0 aliphatic heterocycles. The maximum atomic E-state index is 3.30. The SMILES string of the molecule is CNCC1CC12CCCCC2.